The molecule has 0 aliphatic heterocycles. The molecule has 1 unspecified atom stereocenters. The van der Waals surface area contributed by atoms with Gasteiger partial charge < -0.3 is 20.4 Å². The number of para-hydroxylation sites is 2. The average Bonchev–Trinajstić information content (AvgIpc) is 3.15. The van der Waals surface area contributed by atoms with Gasteiger partial charge in [-0.1, -0.05) is 43.3 Å². The lowest BCUT2D eigenvalue weighted by atomic mass is 10.0. The number of hydrogen-bond donors (Lipinski definition) is 3. The zero-order valence-corrected chi connectivity index (χ0v) is 19.7. The molecule has 1 aromatic heterocycles. The molecule has 1 atom stereocenters. The van der Waals surface area contributed by atoms with Crippen molar-refractivity contribution in [2.45, 2.75) is 26.2 Å². The second kappa shape index (κ2) is 11.7. The average molecular weight is 506 g/mol. The highest BCUT2D eigenvalue weighted by molar-refractivity contribution is 14.0. The second-order valence-electron chi connectivity index (χ2n) is 6.90. The van der Waals surface area contributed by atoms with Gasteiger partial charge in [-0.2, -0.15) is 0 Å². The van der Waals surface area contributed by atoms with Gasteiger partial charge in [-0.05, 0) is 36.6 Å². The van der Waals surface area contributed by atoms with Crippen LogP contribution in [0.3, 0.4) is 0 Å². The summed E-state index contributed by atoms with van der Waals surface area (Å²) in [5, 5.41) is 8.08. The van der Waals surface area contributed by atoms with E-state index in [-0.39, 0.29) is 29.9 Å². The van der Waals surface area contributed by atoms with E-state index in [1.54, 1.807) is 7.11 Å². The SMILES string of the molecule is CCNC(=NCC(C)c1ccccc1OC)NCCc1c[nH]c2ccccc12.I. The molecule has 3 N–H and O–H groups in total. The number of aliphatic imine (C=N–C) groups is 1. The predicted molar refractivity (Wildman–Crippen MR) is 133 cm³/mol. The van der Waals surface area contributed by atoms with Gasteiger partial charge in [-0.15, -0.1) is 24.0 Å². The minimum atomic E-state index is 0. The third-order valence-electron chi connectivity index (χ3n) is 4.90. The fourth-order valence-electron chi connectivity index (χ4n) is 3.40. The summed E-state index contributed by atoms with van der Waals surface area (Å²) < 4.78 is 5.48. The molecule has 0 saturated heterocycles. The van der Waals surface area contributed by atoms with Gasteiger partial charge in [0, 0.05) is 42.7 Å². The Balaban J connectivity index is 0.00000300. The van der Waals surface area contributed by atoms with E-state index in [4.69, 9.17) is 9.73 Å². The first-order valence-electron chi connectivity index (χ1n) is 9.93. The van der Waals surface area contributed by atoms with Crippen LogP contribution in [0.4, 0.5) is 0 Å². The van der Waals surface area contributed by atoms with E-state index < -0.39 is 0 Å². The number of aromatic amines is 1. The van der Waals surface area contributed by atoms with Gasteiger partial charge >= 0.3 is 0 Å². The van der Waals surface area contributed by atoms with E-state index in [9.17, 15) is 0 Å². The molecule has 6 heteroatoms. The van der Waals surface area contributed by atoms with Crippen molar-refractivity contribution in [2.75, 3.05) is 26.7 Å². The first-order chi connectivity index (χ1) is 13.7. The summed E-state index contributed by atoms with van der Waals surface area (Å²) >= 11 is 0. The van der Waals surface area contributed by atoms with Crippen molar-refractivity contribution in [3.63, 3.8) is 0 Å². The molecule has 0 radical (unpaired) electrons. The molecule has 0 aliphatic carbocycles. The number of nitrogens with one attached hydrogen (secondary N) is 3. The van der Waals surface area contributed by atoms with Crippen molar-refractivity contribution < 1.29 is 4.74 Å². The van der Waals surface area contributed by atoms with E-state index in [0.29, 0.717) is 6.54 Å². The molecule has 0 fully saturated rings. The van der Waals surface area contributed by atoms with Gasteiger partial charge in [0.15, 0.2) is 5.96 Å². The summed E-state index contributed by atoms with van der Waals surface area (Å²) in [5.74, 6) is 2.05. The minimum absolute atomic E-state index is 0. The van der Waals surface area contributed by atoms with Crippen LogP contribution in [0.25, 0.3) is 10.9 Å². The summed E-state index contributed by atoms with van der Waals surface area (Å²) in [6, 6.07) is 16.6. The Bertz CT molecular complexity index is 922. The Hall–Kier alpha value is -2.22. The number of benzene rings is 2. The van der Waals surface area contributed by atoms with Crippen molar-refractivity contribution in [3.05, 3.63) is 65.9 Å². The molecule has 0 spiro atoms. The summed E-state index contributed by atoms with van der Waals surface area (Å²) in [6.07, 6.45) is 3.04. The smallest absolute Gasteiger partial charge is 0.191 e. The van der Waals surface area contributed by atoms with E-state index >= 15 is 0 Å². The highest BCUT2D eigenvalue weighted by atomic mass is 127. The standard InChI is InChI=1S/C23H30N4O.HI/c1-4-24-23(27-15-17(2)19-9-6-8-12-22(19)28-3)25-14-13-18-16-26-21-11-7-5-10-20(18)21;/h5-12,16-17,26H,4,13-15H2,1-3H3,(H2,24,25,27);1H. The van der Waals surface area contributed by atoms with Gasteiger partial charge in [0.2, 0.25) is 0 Å². The third-order valence-corrected chi connectivity index (χ3v) is 4.90. The maximum Gasteiger partial charge on any atom is 0.191 e. The van der Waals surface area contributed by atoms with Crippen LogP contribution < -0.4 is 15.4 Å². The van der Waals surface area contributed by atoms with Gasteiger partial charge in [0.05, 0.1) is 7.11 Å². The molecule has 1 heterocycles. The summed E-state index contributed by atoms with van der Waals surface area (Å²) in [5.41, 5.74) is 3.69. The van der Waals surface area contributed by atoms with E-state index in [1.807, 2.05) is 18.2 Å². The number of H-pyrrole nitrogens is 1. The molecular weight excluding hydrogens is 475 g/mol. The van der Waals surface area contributed by atoms with Crippen molar-refractivity contribution in [3.8, 4) is 5.75 Å². The number of hydrogen-bond acceptors (Lipinski definition) is 2. The fraction of sp³-hybridized carbons (Fsp3) is 0.348. The lowest BCUT2D eigenvalue weighted by Crippen LogP contribution is -2.38. The molecule has 29 heavy (non-hydrogen) atoms. The topological polar surface area (TPSA) is 61.4 Å². The largest absolute Gasteiger partial charge is 0.496 e. The van der Waals surface area contributed by atoms with Crippen molar-refractivity contribution in [1.29, 1.82) is 0 Å². The Kier molecular flexibility index (Phi) is 9.31. The predicted octanol–water partition coefficient (Wildman–Crippen LogP) is 4.70. The Morgan fingerprint density at radius 3 is 2.66 bits per heavy atom. The molecule has 0 saturated carbocycles. The monoisotopic (exact) mass is 506 g/mol. The van der Waals surface area contributed by atoms with Gasteiger partial charge in [0.1, 0.15) is 5.75 Å². The van der Waals surface area contributed by atoms with E-state index in [2.05, 4.69) is 66.0 Å². The van der Waals surface area contributed by atoms with Crippen LogP contribution >= 0.6 is 24.0 Å². The minimum Gasteiger partial charge on any atom is -0.496 e. The van der Waals surface area contributed by atoms with Crippen LogP contribution in [0.15, 0.2) is 59.7 Å². The van der Waals surface area contributed by atoms with Crippen LogP contribution in [-0.2, 0) is 6.42 Å². The number of nitrogens with zero attached hydrogens (tertiary/aromatic N) is 1. The molecule has 3 rings (SSSR count). The quantitative estimate of drug-likeness (QED) is 0.236. The summed E-state index contributed by atoms with van der Waals surface area (Å²) in [7, 11) is 1.71. The molecule has 0 amide bonds. The zero-order chi connectivity index (χ0) is 19.8. The lowest BCUT2D eigenvalue weighted by Gasteiger charge is -2.15. The van der Waals surface area contributed by atoms with Crippen molar-refractivity contribution in [2.24, 2.45) is 4.99 Å². The van der Waals surface area contributed by atoms with Crippen LogP contribution in [0.5, 0.6) is 5.75 Å². The van der Waals surface area contributed by atoms with Crippen LogP contribution in [-0.4, -0.2) is 37.7 Å². The number of fused-ring (bicyclic) bond motifs is 1. The number of ether oxygens (including phenoxy) is 1. The number of aromatic nitrogens is 1. The number of guanidine groups is 1. The number of rotatable bonds is 8. The van der Waals surface area contributed by atoms with Gasteiger partial charge in [-0.3, -0.25) is 4.99 Å². The van der Waals surface area contributed by atoms with E-state index in [0.717, 1.165) is 31.2 Å². The first kappa shape index (κ1) is 23.1. The molecule has 156 valence electrons. The van der Waals surface area contributed by atoms with Crippen LogP contribution in [0, 0.1) is 0 Å². The van der Waals surface area contributed by atoms with Crippen molar-refractivity contribution >= 4 is 40.8 Å². The third kappa shape index (κ3) is 6.13. The molecule has 2 aromatic carbocycles. The van der Waals surface area contributed by atoms with Crippen molar-refractivity contribution in [1.82, 2.24) is 15.6 Å². The van der Waals surface area contributed by atoms with Gasteiger partial charge in [0.25, 0.3) is 0 Å². The Labute approximate surface area is 190 Å². The molecule has 5 nitrogen and oxygen atoms in total. The zero-order valence-electron chi connectivity index (χ0n) is 17.4. The highest BCUT2D eigenvalue weighted by Crippen LogP contribution is 2.26. The highest BCUT2D eigenvalue weighted by Gasteiger charge is 2.11. The first-order valence-corrected chi connectivity index (χ1v) is 9.93. The molecule has 3 aromatic rings. The maximum absolute atomic E-state index is 5.48. The maximum atomic E-state index is 5.48. The lowest BCUT2D eigenvalue weighted by molar-refractivity contribution is 0.407. The number of halogens is 1. The van der Waals surface area contributed by atoms with Crippen LogP contribution in [0.1, 0.15) is 30.9 Å². The van der Waals surface area contributed by atoms with E-state index in [1.165, 1.54) is 22.0 Å². The molecular formula is C23H31IN4O. The summed E-state index contributed by atoms with van der Waals surface area (Å²) in [4.78, 5) is 8.11. The second-order valence-corrected chi connectivity index (χ2v) is 6.90. The molecule has 0 bridgehead atoms. The Morgan fingerprint density at radius 1 is 1.10 bits per heavy atom. The fourth-order valence-corrected chi connectivity index (χ4v) is 3.40. The summed E-state index contributed by atoms with van der Waals surface area (Å²) in [6.45, 7) is 6.62. The normalized spacial score (nSPS) is 12.3. The molecule has 0 aliphatic rings. The van der Waals surface area contributed by atoms with Crippen LogP contribution in [0.2, 0.25) is 0 Å². The van der Waals surface area contributed by atoms with Gasteiger partial charge in [-0.25, -0.2) is 0 Å². The number of methoxy groups -OCH3 is 1. The Morgan fingerprint density at radius 2 is 1.86 bits per heavy atom.